The third kappa shape index (κ3) is 3.39. The van der Waals surface area contributed by atoms with E-state index in [0.717, 1.165) is 12.8 Å². The summed E-state index contributed by atoms with van der Waals surface area (Å²) in [5.74, 6) is 0.153. The van der Waals surface area contributed by atoms with Crippen LogP contribution < -0.4 is 4.74 Å². The largest absolute Gasteiger partial charge is 0.490 e. The Kier molecular flexibility index (Phi) is 4.27. The first-order valence-corrected chi connectivity index (χ1v) is 7.19. The number of hydrogen-bond acceptors (Lipinski definition) is 4. The third-order valence-corrected chi connectivity index (χ3v) is 3.64. The zero-order valence-electron chi connectivity index (χ0n) is 12.0. The molecule has 1 aromatic carbocycles. The van der Waals surface area contributed by atoms with Crippen molar-refractivity contribution in [3.63, 3.8) is 0 Å². The van der Waals surface area contributed by atoms with E-state index < -0.39 is 0 Å². The fourth-order valence-corrected chi connectivity index (χ4v) is 2.50. The van der Waals surface area contributed by atoms with Gasteiger partial charge in [-0.25, -0.2) is 14.4 Å². The van der Waals surface area contributed by atoms with E-state index in [1.807, 2.05) is 0 Å². The summed E-state index contributed by atoms with van der Waals surface area (Å²) in [4.78, 5) is 21.8. The minimum absolute atomic E-state index is 0.00197. The van der Waals surface area contributed by atoms with E-state index in [0.29, 0.717) is 24.4 Å². The Hall–Kier alpha value is -2.50. The third-order valence-electron chi connectivity index (χ3n) is 3.64. The molecule has 5 nitrogen and oxygen atoms in total. The van der Waals surface area contributed by atoms with Gasteiger partial charge in [-0.15, -0.1) is 0 Å². The van der Waals surface area contributed by atoms with Gasteiger partial charge in [0, 0.05) is 44.4 Å². The van der Waals surface area contributed by atoms with E-state index in [1.54, 1.807) is 17.0 Å². The second kappa shape index (κ2) is 6.51. The number of hydrogen-bond donors (Lipinski definition) is 0. The highest BCUT2D eigenvalue weighted by molar-refractivity contribution is 5.93. The quantitative estimate of drug-likeness (QED) is 0.873. The van der Waals surface area contributed by atoms with E-state index >= 15 is 0 Å². The molecule has 0 unspecified atom stereocenters. The molecule has 0 aliphatic carbocycles. The summed E-state index contributed by atoms with van der Waals surface area (Å²) in [6.45, 7) is 1.21. The van der Waals surface area contributed by atoms with Gasteiger partial charge in [0.05, 0.1) is 5.56 Å². The van der Waals surface area contributed by atoms with Crippen molar-refractivity contribution in [3.05, 3.63) is 54.4 Å². The molecule has 0 bridgehead atoms. The van der Waals surface area contributed by atoms with Crippen LogP contribution in [0.3, 0.4) is 0 Å². The number of benzene rings is 1. The van der Waals surface area contributed by atoms with Gasteiger partial charge in [-0.2, -0.15) is 0 Å². The minimum Gasteiger partial charge on any atom is -0.490 e. The summed E-state index contributed by atoms with van der Waals surface area (Å²) in [6, 6.07) is 6.12. The zero-order valence-corrected chi connectivity index (χ0v) is 12.0. The van der Waals surface area contributed by atoms with Crippen molar-refractivity contribution >= 4 is 5.91 Å². The van der Waals surface area contributed by atoms with Crippen LogP contribution in [0.25, 0.3) is 0 Å². The second-order valence-electron chi connectivity index (χ2n) is 5.19. The maximum atomic E-state index is 13.1. The van der Waals surface area contributed by atoms with Crippen LogP contribution in [0.1, 0.15) is 23.2 Å². The van der Waals surface area contributed by atoms with Crippen LogP contribution in [0, 0.1) is 5.82 Å². The lowest BCUT2D eigenvalue weighted by molar-refractivity contribution is 0.0594. The number of aromatic nitrogens is 2. The monoisotopic (exact) mass is 301 g/mol. The average Bonchev–Trinajstić information content (AvgIpc) is 2.56. The van der Waals surface area contributed by atoms with Crippen LogP contribution in [-0.4, -0.2) is 40.0 Å². The number of carbonyl (C=O) groups excluding carboxylic acids is 1. The summed E-state index contributed by atoms with van der Waals surface area (Å²) in [5, 5.41) is 0. The Bertz CT molecular complexity index is 643. The average molecular weight is 301 g/mol. The fraction of sp³-hybridized carbons (Fsp3) is 0.312. The van der Waals surface area contributed by atoms with Crippen molar-refractivity contribution in [2.75, 3.05) is 13.1 Å². The number of rotatable bonds is 3. The molecule has 3 rings (SSSR count). The number of halogens is 1. The SMILES string of the molecule is O=C(c1cncnc1)N1CCC(Oc2cccc(F)c2)CC1. The normalized spacial score (nSPS) is 15.6. The molecule has 6 heteroatoms. The molecule has 1 fully saturated rings. The number of carbonyl (C=O) groups is 1. The molecule has 2 aromatic rings. The summed E-state index contributed by atoms with van der Waals surface area (Å²) in [6.07, 6.45) is 5.87. The molecular formula is C16H16FN3O2. The molecule has 1 aromatic heterocycles. The number of piperidine rings is 1. The number of likely N-dealkylation sites (tertiary alicyclic amines) is 1. The highest BCUT2D eigenvalue weighted by atomic mass is 19.1. The summed E-state index contributed by atoms with van der Waals surface area (Å²) >= 11 is 0. The van der Waals surface area contributed by atoms with Crippen LogP contribution >= 0.6 is 0 Å². The van der Waals surface area contributed by atoms with Crippen molar-refractivity contribution in [2.45, 2.75) is 18.9 Å². The highest BCUT2D eigenvalue weighted by Gasteiger charge is 2.25. The molecule has 1 aliphatic heterocycles. The van der Waals surface area contributed by atoms with Crippen LogP contribution in [-0.2, 0) is 0 Å². The zero-order chi connectivity index (χ0) is 15.4. The van der Waals surface area contributed by atoms with Gasteiger partial charge in [-0.3, -0.25) is 4.79 Å². The number of nitrogens with zero attached hydrogens (tertiary/aromatic N) is 3. The van der Waals surface area contributed by atoms with Gasteiger partial charge in [0.15, 0.2) is 0 Å². The molecule has 0 atom stereocenters. The van der Waals surface area contributed by atoms with Gasteiger partial charge < -0.3 is 9.64 Å². The predicted molar refractivity (Wildman–Crippen MR) is 78.0 cm³/mol. The standard InChI is InChI=1S/C16H16FN3O2/c17-13-2-1-3-15(8-13)22-14-4-6-20(7-5-14)16(21)12-9-18-11-19-10-12/h1-3,8-11,14H,4-7H2. The molecular weight excluding hydrogens is 285 g/mol. The molecule has 1 aliphatic rings. The van der Waals surface area contributed by atoms with Crippen molar-refractivity contribution in [3.8, 4) is 5.75 Å². The Morgan fingerprint density at radius 2 is 1.95 bits per heavy atom. The second-order valence-corrected chi connectivity index (χ2v) is 5.19. The van der Waals surface area contributed by atoms with E-state index in [2.05, 4.69) is 9.97 Å². The van der Waals surface area contributed by atoms with Gasteiger partial charge >= 0.3 is 0 Å². The molecule has 114 valence electrons. The van der Waals surface area contributed by atoms with Gasteiger partial charge in [0.25, 0.3) is 5.91 Å². The van der Waals surface area contributed by atoms with Gasteiger partial charge in [-0.1, -0.05) is 6.07 Å². The van der Waals surface area contributed by atoms with E-state index in [1.165, 1.54) is 30.9 Å². The van der Waals surface area contributed by atoms with Gasteiger partial charge in [0.1, 0.15) is 24.0 Å². The first-order valence-electron chi connectivity index (χ1n) is 7.19. The van der Waals surface area contributed by atoms with E-state index in [4.69, 9.17) is 4.74 Å². The first kappa shape index (κ1) is 14.4. The lowest BCUT2D eigenvalue weighted by atomic mass is 10.1. The smallest absolute Gasteiger partial charge is 0.256 e. The minimum atomic E-state index is -0.311. The molecule has 0 radical (unpaired) electrons. The molecule has 1 amide bonds. The van der Waals surface area contributed by atoms with Gasteiger partial charge in [-0.05, 0) is 12.1 Å². The van der Waals surface area contributed by atoms with E-state index in [9.17, 15) is 9.18 Å². The van der Waals surface area contributed by atoms with Gasteiger partial charge in [0.2, 0.25) is 0 Å². The highest BCUT2D eigenvalue weighted by Crippen LogP contribution is 2.20. The van der Waals surface area contributed by atoms with Crippen LogP contribution in [0.2, 0.25) is 0 Å². The molecule has 1 saturated heterocycles. The van der Waals surface area contributed by atoms with Crippen LogP contribution in [0.5, 0.6) is 5.75 Å². The molecule has 0 saturated carbocycles. The summed E-state index contributed by atoms with van der Waals surface area (Å²) < 4.78 is 18.9. The fourth-order valence-electron chi connectivity index (χ4n) is 2.50. The van der Waals surface area contributed by atoms with Crippen molar-refractivity contribution in [1.82, 2.24) is 14.9 Å². The summed E-state index contributed by atoms with van der Waals surface area (Å²) in [5.41, 5.74) is 0.493. The summed E-state index contributed by atoms with van der Waals surface area (Å²) in [7, 11) is 0. The van der Waals surface area contributed by atoms with E-state index in [-0.39, 0.29) is 17.8 Å². The molecule has 0 spiro atoms. The first-order chi connectivity index (χ1) is 10.7. The Labute approximate surface area is 127 Å². The van der Waals surface area contributed by atoms with Crippen LogP contribution in [0.4, 0.5) is 4.39 Å². The van der Waals surface area contributed by atoms with Crippen LogP contribution in [0.15, 0.2) is 43.0 Å². The maximum absolute atomic E-state index is 13.1. The Balaban J connectivity index is 1.55. The molecule has 2 heterocycles. The topological polar surface area (TPSA) is 55.3 Å². The van der Waals surface area contributed by atoms with Crippen molar-refractivity contribution < 1.29 is 13.9 Å². The molecule has 22 heavy (non-hydrogen) atoms. The lowest BCUT2D eigenvalue weighted by Crippen LogP contribution is -2.41. The van der Waals surface area contributed by atoms with Crippen molar-refractivity contribution in [1.29, 1.82) is 0 Å². The van der Waals surface area contributed by atoms with Crippen molar-refractivity contribution in [2.24, 2.45) is 0 Å². The predicted octanol–water partition coefficient (Wildman–Crippen LogP) is 2.30. The number of amides is 1. The number of ether oxygens (including phenoxy) is 1. The Morgan fingerprint density at radius 3 is 2.64 bits per heavy atom. The molecule has 0 N–H and O–H groups in total. The lowest BCUT2D eigenvalue weighted by Gasteiger charge is -2.32. The Morgan fingerprint density at radius 1 is 1.23 bits per heavy atom. The maximum Gasteiger partial charge on any atom is 0.256 e.